The quantitative estimate of drug-likeness (QED) is 0.793. The van der Waals surface area contributed by atoms with E-state index in [1.807, 2.05) is 13.8 Å². The van der Waals surface area contributed by atoms with E-state index < -0.39 is 0 Å². The lowest BCUT2D eigenvalue weighted by Gasteiger charge is -2.10. The van der Waals surface area contributed by atoms with Crippen LogP contribution in [0.4, 0.5) is 0 Å². The number of carbonyl (C=O) groups excluding carboxylic acids is 1. The number of hydrogen-bond donors (Lipinski definition) is 2. The normalized spacial score (nSPS) is 14.4. The van der Waals surface area contributed by atoms with E-state index in [0.29, 0.717) is 6.42 Å². The van der Waals surface area contributed by atoms with Crippen LogP contribution in [0.15, 0.2) is 10.6 Å². The minimum absolute atomic E-state index is 0.0516. The van der Waals surface area contributed by atoms with Crippen molar-refractivity contribution in [1.29, 1.82) is 0 Å². The van der Waals surface area contributed by atoms with E-state index in [1.165, 1.54) is 0 Å². The van der Waals surface area contributed by atoms with Gasteiger partial charge in [-0.15, -0.1) is 0 Å². The van der Waals surface area contributed by atoms with Crippen LogP contribution >= 0.6 is 0 Å². The van der Waals surface area contributed by atoms with Gasteiger partial charge in [0.05, 0.1) is 5.69 Å². The van der Waals surface area contributed by atoms with Gasteiger partial charge in [-0.05, 0) is 19.8 Å². The third-order valence-electron chi connectivity index (χ3n) is 2.81. The molecule has 0 aliphatic rings. The van der Waals surface area contributed by atoms with Gasteiger partial charge in [0.25, 0.3) is 5.91 Å². The first-order chi connectivity index (χ1) is 8.08. The molecule has 0 aliphatic carbocycles. The number of hydrogen-bond acceptors (Lipinski definition) is 4. The molecule has 0 aliphatic heterocycles. The molecule has 1 aromatic heterocycles. The predicted octanol–water partition coefficient (Wildman–Crippen LogP) is 1.69. The highest BCUT2D eigenvalue weighted by molar-refractivity contribution is 5.91. The van der Waals surface area contributed by atoms with Crippen LogP contribution in [0, 0.1) is 0 Å². The van der Waals surface area contributed by atoms with Gasteiger partial charge in [0.2, 0.25) is 5.76 Å². The average molecular weight is 240 g/mol. The van der Waals surface area contributed by atoms with E-state index in [-0.39, 0.29) is 30.2 Å². The Labute approximate surface area is 101 Å². The zero-order valence-electron chi connectivity index (χ0n) is 10.6. The van der Waals surface area contributed by atoms with Crippen LogP contribution < -0.4 is 5.32 Å². The first-order valence-corrected chi connectivity index (χ1v) is 5.96. The van der Waals surface area contributed by atoms with Crippen LogP contribution in [-0.4, -0.2) is 28.8 Å². The standard InChI is InChI=1S/C12H20N2O3/c1-4-8(2)10-7-11(17-14-10)12(16)13-9(3)5-6-15/h7-9,15H,4-6H2,1-3H3,(H,13,16). The van der Waals surface area contributed by atoms with Crippen molar-refractivity contribution in [3.8, 4) is 0 Å². The largest absolute Gasteiger partial charge is 0.396 e. The summed E-state index contributed by atoms with van der Waals surface area (Å²) in [5, 5.41) is 15.4. The van der Waals surface area contributed by atoms with Gasteiger partial charge in [0.15, 0.2) is 0 Å². The van der Waals surface area contributed by atoms with E-state index >= 15 is 0 Å². The Hall–Kier alpha value is -1.36. The number of nitrogens with one attached hydrogen (secondary N) is 1. The van der Waals surface area contributed by atoms with Gasteiger partial charge >= 0.3 is 0 Å². The van der Waals surface area contributed by atoms with Crippen LogP contribution in [0.1, 0.15) is 55.8 Å². The smallest absolute Gasteiger partial charge is 0.290 e. The summed E-state index contributed by atoms with van der Waals surface area (Å²) in [6.45, 7) is 5.98. The van der Waals surface area contributed by atoms with Gasteiger partial charge in [-0.25, -0.2) is 0 Å². The number of nitrogens with zero attached hydrogens (tertiary/aromatic N) is 1. The Morgan fingerprint density at radius 2 is 2.29 bits per heavy atom. The van der Waals surface area contributed by atoms with Crippen LogP contribution in [-0.2, 0) is 0 Å². The van der Waals surface area contributed by atoms with Gasteiger partial charge in [0.1, 0.15) is 0 Å². The molecule has 2 atom stereocenters. The van der Waals surface area contributed by atoms with Gasteiger partial charge in [0, 0.05) is 24.6 Å². The molecule has 0 fully saturated rings. The number of aliphatic hydroxyl groups excluding tert-OH is 1. The summed E-state index contributed by atoms with van der Waals surface area (Å²) in [6.07, 6.45) is 1.48. The summed E-state index contributed by atoms with van der Waals surface area (Å²) in [5.74, 6) is 0.230. The number of amides is 1. The van der Waals surface area contributed by atoms with Crippen molar-refractivity contribution < 1.29 is 14.4 Å². The maximum absolute atomic E-state index is 11.7. The molecule has 1 amide bonds. The fourth-order valence-corrected chi connectivity index (χ4v) is 1.40. The van der Waals surface area contributed by atoms with Crippen LogP contribution in [0.3, 0.4) is 0 Å². The molecule has 5 nitrogen and oxygen atoms in total. The Bertz CT molecular complexity index is 362. The second-order valence-electron chi connectivity index (χ2n) is 4.31. The minimum Gasteiger partial charge on any atom is -0.396 e. The van der Waals surface area contributed by atoms with Crippen LogP contribution in [0.2, 0.25) is 0 Å². The highest BCUT2D eigenvalue weighted by Crippen LogP contribution is 2.18. The predicted molar refractivity (Wildman–Crippen MR) is 63.8 cm³/mol. The molecule has 0 bridgehead atoms. The minimum atomic E-state index is -0.284. The van der Waals surface area contributed by atoms with Crippen molar-refractivity contribution in [2.24, 2.45) is 0 Å². The monoisotopic (exact) mass is 240 g/mol. The lowest BCUT2D eigenvalue weighted by Crippen LogP contribution is -2.32. The van der Waals surface area contributed by atoms with Crippen molar-refractivity contribution in [3.05, 3.63) is 17.5 Å². The summed E-state index contributed by atoms with van der Waals surface area (Å²) < 4.78 is 5.00. The zero-order valence-corrected chi connectivity index (χ0v) is 10.6. The molecular formula is C12H20N2O3. The first-order valence-electron chi connectivity index (χ1n) is 5.96. The first kappa shape index (κ1) is 13.7. The van der Waals surface area contributed by atoms with Crippen molar-refractivity contribution in [3.63, 3.8) is 0 Å². The molecule has 17 heavy (non-hydrogen) atoms. The number of rotatable bonds is 6. The molecule has 1 aromatic rings. The number of aliphatic hydroxyl groups is 1. The van der Waals surface area contributed by atoms with Crippen LogP contribution in [0.25, 0.3) is 0 Å². The summed E-state index contributed by atoms with van der Waals surface area (Å²) >= 11 is 0. The molecule has 1 heterocycles. The molecule has 0 saturated heterocycles. The van der Waals surface area contributed by atoms with Crippen molar-refractivity contribution >= 4 is 5.91 Å². The molecule has 0 spiro atoms. The lowest BCUT2D eigenvalue weighted by atomic mass is 10.1. The molecule has 1 rings (SSSR count). The Morgan fingerprint density at radius 3 is 2.88 bits per heavy atom. The fourth-order valence-electron chi connectivity index (χ4n) is 1.40. The third-order valence-corrected chi connectivity index (χ3v) is 2.81. The molecule has 0 saturated carbocycles. The average Bonchev–Trinajstić information content (AvgIpc) is 2.77. The maximum atomic E-state index is 11.7. The summed E-state index contributed by atoms with van der Waals surface area (Å²) in [5.41, 5.74) is 0.799. The highest BCUT2D eigenvalue weighted by atomic mass is 16.5. The summed E-state index contributed by atoms with van der Waals surface area (Å²) in [6, 6.07) is 1.60. The Balaban J connectivity index is 2.60. The van der Waals surface area contributed by atoms with Crippen LogP contribution in [0.5, 0.6) is 0 Å². The van der Waals surface area contributed by atoms with Gasteiger partial charge in [-0.3, -0.25) is 4.79 Å². The maximum Gasteiger partial charge on any atom is 0.290 e. The van der Waals surface area contributed by atoms with E-state index in [2.05, 4.69) is 17.4 Å². The summed E-state index contributed by atoms with van der Waals surface area (Å²) in [7, 11) is 0. The highest BCUT2D eigenvalue weighted by Gasteiger charge is 2.17. The van der Waals surface area contributed by atoms with Crippen molar-refractivity contribution in [2.45, 2.75) is 45.6 Å². The van der Waals surface area contributed by atoms with Crippen molar-refractivity contribution in [1.82, 2.24) is 10.5 Å². The van der Waals surface area contributed by atoms with Gasteiger partial charge < -0.3 is 14.9 Å². The molecule has 0 radical (unpaired) electrons. The van der Waals surface area contributed by atoms with Gasteiger partial charge in [-0.2, -0.15) is 0 Å². The second kappa shape index (κ2) is 6.39. The number of aromatic nitrogens is 1. The lowest BCUT2D eigenvalue weighted by molar-refractivity contribution is 0.0897. The van der Waals surface area contributed by atoms with E-state index in [4.69, 9.17) is 9.63 Å². The Kier molecular flexibility index (Phi) is 5.15. The third kappa shape index (κ3) is 3.85. The zero-order chi connectivity index (χ0) is 12.8. The SMILES string of the molecule is CCC(C)c1cc(C(=O)NC(C)CCO)on1. The van der Waals surface area contributed by atoms with Gasteiger partial charge in [-0.1, -0.05) is 19.0 Å². The van der Waals surface area contributed by atoms with E-state index in [9.17, 15) is 4.79 Å². The van der Waals surface area contributed by atoms with Crippen molar-refractivity contribution in [2.75, 3.05) is 6.61 Å². The molecule has 0 aromatic carbocycles. The summed E-state index contributed by atoms with van der Waals surface area (Å²) in [4.78, 5) is 11.7. The molecular weight excluding hydrogens is 220 g/mol. The fraction of sp³-hybridized carbons (Fsp3) is 0.667. The molecule has 96 valence electrons. The molecule has 2 unspecified atom stereocenters. The molecule has 5 heteroatoms. The topological polar surface area (TPSA) is 75.4 Å². The second-order valence-corrected chi connectivity index (χ2v) is 4.31. The van der Waals surface area contributed by atoms with E-state index in [1.54, 1.807) is 6.07 Å². The Morgan fingerprint density at radius 1 is 1.59 bits per heavy atom. The molecule has 2 N–H and O–H groups in total. The van der Waals surface area contributed by atoms with E-state index in [0.717, 1.165) is 12.1 Å². The number of carbonyl (C=O) groups is 1.